The van der Waals surface area contributed by atoms with Gasteiger partial charge in [-0.25, -0.2) is 0 Å². The second kappa shape index (κ2) is 7.33. The molecule has 1 heteroatoms. The first-order chi connectivity index (χ1) is 10.0. The van der Waals surface area contributed by atoms with Gasteiger partial charge in [0.25, 0.3) is 0 Å². The van der Waals surface area contributed by atoms with Crippen molar-refractivity contribution in [3.05, 3.63) is 29.8 Å². The molecule has 1 fully saturated rings. The molecule has 0 amide bonds. The first kappa shape index (κ1) is 16.4. The Labute approximate surface area is 131 Å². The Balaban J connectivity index is 2.04. The van der Waals surface area contributed by atoms with E-state index < -0.39 is 0 Å². The summed E-state index contributed by atoms with van der Waals surface area (Å²) in [6, 6.07) is 9.79. The maximum absolute atomic E-state index is 3.83. The van der Waals surface area contributed by atoms with Crippen LogP contribution in [0.2, 0.25) is 0 Å². The molecule has 4 atom stereocenters. The zero-order chi connectivity index (χ0) is 15.4. The minimum atomic E-state index is 0.642. The molecule has 0 bridgehead atoms. The highest BCUT2D eigenvalue weighted by atomic mass is 14.9. The van der Waals surface area contributed by atoms with E-state index in [-0.39, 0.29) is 0 Å². The van der Waals surface area contributed by atoms with Crippen LogP contribution < -0.4 is 5.32 Å². The van der Waals surface area contributed by atoms with Crippen LogP contribution in [-0.2, 0) is 0 Å². The minimum Gasteiger partial charge on any atom is -0.382 e. The molecule has 1 saturated carbocycles. The van der Waals surface area contributed by atoms with E-state index in [0.29, 0.717) is 12.0 Å². The number of hydrogen-bond acceptors (Lipinski definition) is 1. The molecule has 0 heterocycles. The summed E-state index contributed by atoms with van der Waals surface area (Å²) in [7, 11) is 0. The third-order valence-corrected chi connectivity index (χ3v) is 5.47. The van der Waals surface area contributed by atoms with Gasteiger partial charge in [0.2, 0.25) is 0 Å². The fourth-order valence-corrected chi connectivity index (χ4v) is 3.73. The van der Waals surface area contributed by atoms with Crippen molar-refractivity contribution in [1.29, 1.82) is 0 Å². The minimum absolute atomic E-state index is 0.642. The van der Waals surface area contributed by atoms with Gasteiger partial charge in [0.1, 0.15) is 0 Å². The highest BCUT2D eigenvalue weighted by Crippen LogP contribution is 2.35. The Morgan fingerprint density at radius 1 is 1.10 bits per heavy atom. The van der Waals surface area contributed by atoms with E-state index in [1.54, 1.807) is 0 Å². The first-order valence-electron chi connectivity index (χ1n) is 8.87. The maximum Gasteiger partial charge on any atom is 0.0342 e. The molecule has 0 saturated heterocycles. The molecular weight excluding hydrogens is 254 g/mol. The molecule has 1 aromatic rings. The van der Waals surface area contributed by atoms with E-state index in [9.17, 15) is 0 Å². The zero-order valence-electron chi connectivity index (χ0n) is 14.5. The van der Waals surface area contributed by atoms with E-state index in [2.05, 4.69) is 64.2 Å². The summed E-state index contributed by atoms with van der Waals surface area (Å²) in [6.45, 7) is 11.7. The van der Waals surface area contributed by atoms with Crippen molar-refractivity contribution in [2.75, 3.05) is 5.32 Å². The van der Waals surface area contributed by atoms with Crippen molar-refractivity contribution in [2.45, 2.75) is 72.3 Å². The topological polar surface area (TPSA) is 12.0 Å². The number of nitrogens with one attached hydrogen (secondary N) is 1. The Bertz CT molecular complexity index is 420. The molecular formula is C20H33N. The zero-order valence-corrected chi connectivity index (χ0v) is 14.5. The van der Waals surface area contributed by atoms with E-state index in [0.717, 1.165) is 17.8 Å². The molecule has 0 radical (unpaired) electrons. The van der Waals surface area contributed by atoms with Crippen molar-refractivity contribution >= 4 is 5.69 Å². The van der Waals surface area contributed by atoms with Gasteiger partial charge < -0.3 is 5.32 Å². The van der Waals surface area contributed by atoms with Gasteiger partial charge in [0.15, 0.2) is 0 Å². The monoisotopic (exact) mass is 287 g/mol. The van der Waals surface area contributed by atoms with Crippen molar-refractivity contribution in [3.63, 3.8) is 0 Å². The van der Waals surface area contributed by atoms with Crippen LogP contribution >= 0.6 is 0 Å². The molecule has 0 aliphatic heterocycles. The first-order valence-corrected chi connectivity index (χ1v) is 8.87. The Morgan fingerprint density at radius 2 is 1.76 bits per heavy atom. The van der Waals surface area contributed by atoms with Crippen LogP contribution in [0.1, 0.15) is 71.8 Å². The van der Waals surface area contributed by atoms with Gasteiger partial charge in [-0.1, -0.05) is 53.2 Å². The quantitative estimate of drug-likeness (QED) is 0.692. The fourth-order valence-electron chi connectivity index (χ4n) is 3.73. The SMILES string of the molecule is CCC(C)c1ccc(NC2CC(C)CCC2C(C)C)cc1. The third kappa shape index (κ3) is 4.25. The van der Waals surface area contributed by atoms with Gasteiger partial charge in [-0.2, -0.15) is 0 Å². The van der Waals surface area contributed by atoms with E-state index >= 15 is 0 Å². The van der Waals surface area contributed by atoms with Gasteiger partial charge in [-0.3, -0.25) is 0 Å². The molecule has 0 aromatic heterocycles. The Kier molecular flexibility index (Phi) is 5.72. The van der Waals surface area contributed by atoms with Crippen LogP contribution in [0.25, 0.3) is 0 Å². The number of hydrogen-bond donors (Lipinski definition) is 1. The molecule has 118 valence electrons. The normalized spacial score (nSPS) is 27.6. The standard InChI is InChI=1S/C20H33N/c1-6-16(5)17-8-10-18(11-9-17)21-20-13-15(4)7-12-19(20)14(2)3/h8-11,14-16,19-21H,6-7,12-13H2,1-5H3. The third-order valence-electron chi connectivity index (χ3n) is 5.47. The van der Waals surface area contributed by atoms with Gasteiger partial charge in [-0.15, -0.1) is 0 Å². The lowest BCUT2D eigenvalue weighted by Crippen LogP contribution is -2.37. The highest BCUT2D eigenvalue weighted by molar-refractivity contribution is 5.46. The summed E-state index contributed by atoms with van der Waals surface area (Å²) < 4.78 is 0. The summed E-state index contributed by atoms with van der Waals surface area (Å²) in [5, 5.41) is 3.83. The lowest BCUT2D eigenvalue weighted by atomic mass is 9.74. The fraction of sp³-hybridized carbons (Fsp3) is 0.700. The van der Waals surface area contributed by atoms with Crippen molar-refractivity contribution < 1.29 is 0 Å². The van der Waals surface area contributed by atoms with Crippen LogP contribution in [0.4, 0.5) is 5.69 Å². The number of benzene rings is 1. The Hall–Kier alpha value is -0.980. The average molecular weight is 287 g/mol. The second-order valence-electron chi connectivity index (χ2n) is 7.51. The summed E-state index contributed by atoms with van der Waals surface area (Å²) in [5.41, 5.74) is 2.76. The molecule has 2 rings (SSSR count). The summed E-state index contributed by atoms with van der Waals surface area (Å²) in [6.07, 6.45) is 5.30. The number of anilines is 1. The number of rotatable bonds is 5. The molecule has 1 aliphatic rings. The summed E-state index contributed by atoms with van der Waals surface area (Å²) in [4.78, 5) is 0. The second-order valence-corrected chi connectivity index (χ2v) is 7.51. The predicted molar refractivity (Wildman–Crippen MR) is 93.9 cm³/mol. The van der Waals surface area contributed by atoms with Crippen LogP contribution in [0, 0.1) is 17.8 Å². The van der Waals surface area contributed by atoms with Crippen molar-refractivity contribution in [1.82, 2.24) is 0 Å². The van der Waals surface area contributed by atoms with E-state index in [1.807, 2.05) is 0 Å². The van der Waals surface area contributed by atoms with Gasteiger partial charge in [0.05, 0.1) is 0 Å². The molecule has 21 heavy (non-hydrogen) atoms. The molecule has 1 N–H and O–H groups in total. The van der Waals surface area contributed by atoms with Crippen LogP contribution in [0.15, 0.2) is 24.3 Å². The molecule has 0 spiro atoms. The van der Waals surface area contributed by atoms with Crippen LogP contribution in [0.5, 0.6) is 0 Å². The lowest BCUT2D eigenvalue weighted by Gasteiger charge is -2.38. The van der Waals surface area contributed by atoms with E-state index in [4.69, 9.17) is 0 Å². The van der Waals surface area contributed by atoms with Gasteiger partial charge in [-0.05, 0) is 60.6 Å². The van der Waals surface area contributed by atoms with Crippen molar-refractivity contribution in [2.24, 2.45) is 17.8 Å². The molecule has 4 unspecified atom stereocenters. The average Bonchev–Trinajstić information content (AvgIpc) is 2.47. The van der Waals surface area contributed by atoms with Crippen LogP contribution in [-0.4, -0.2) is 6.04 Å². The summed E-state index contributed by atoms with van der Waals surface area (Å²) in [5.74, 6) is 3.11. The van der Waals surface area contributed by atoms with Crippen LogP contribution in [0.3, 0.4) is 0 Å². The molecule has 1 nitrogen and oxygen atoms in total. The maximum atomic E-state index is 3.83. The summed E-state index contributed by atoms with van der Waals surface area (Å²) >= 11 is 0. The molecule has 1 aromatic carbocycles. The largest absolute Gasteiger partial charge is 0.382 e. The van der Waals surface area contributed by atoms with E-state index in [1.165, 1.54) is 36.9 Å². The lowest BCUT2D eigenvalue weighted by molar-refractivity contribution is 0.212. The van der Waals surface area contributed by atoms with Gasteiger partial charge >= 0.3 is 0 Å². The van der Waals surface area contributed by atoms with Gasteiger partial charge in [0, 0.05) is 11.7 Å². The predicted octanol–water partition coefficient (Wildman–Crippen LogP) is 6.07. The van der Waals surface area contributed by atoms with Crippen molar-refractivity contribution in [3.8, 4) is 0 Å². The molecule has 1 aliphatic carbocycles. The Morgan fingerprint density at radius 3 is 2.33 bits per heavy atom. The smallest absolute Gasteiger partial charge is 0.0342 e. The highest BCUT2D eigenvalue weighted by Gasteiger charge is 2.30.